The van der Waals surface area contributed by atoms with E-state index in [1.54, 1.807) is 0 Å². The number of rotatable bonds is 0. The quantitative estimate of drug-likeness (QED) is 0.494. The molecule has 7 heteroatoms. The summed E-state index contributed by atoms with van der Waals surface area (Å²) >= 11 is 16.9. The second-order valence-corrected chi connectivity index (χ2v) is 7.88. The number of hydrogen-bond acceptors (Lipinski definition) is 2. The maximum Gasteiger partial charge on any atom is 0.302 e. The molecule has 0 N–H and O–H groups in total. The first kappa shape index (κ1) is 9.30. The summed E-state index contributed by atoms with van der Waals surface area (Å²) in [7, 11) is -3.73. The fourth-order valence-corrected chi connectivity index (χ4v) is 0. The first-order valence-electron chi connectivity index (χ1n) is 1.26. The predicted octanol–water partition coefficient (Wildman–Crippen LogP) is 2.04. The van der Waals surface area contributed by atoms with Gasteiger partial charge in [0.05, 0.1) is 14.8 Å². The van der Waals surface area contributed by atoms with Gasteiger partial charge in [0.15, 0.2) is 0 Å². The molecule has 0 aliphatic carbocycles. The normalized spacial score (nSPS) is 14.0. The molecule has 50 valence electrons. The molecule has 0 bridgehead atoms. The summed E-state index contributed by atoms with van der Waals surface area (Å²) in [4.78, 5) is 0. The molecule has 0 unspecified atom stereocenters. The van der Waals surface area contributed by atoms with E-state index in [1.165, 1.54) is 0 Å². The van der Waals surface area contributed by atoms with Gasteiger partial charge in [0, 0.05) is 0 Å². The van der Waals surface area contributed by atoms with Crippen molar-refractivity contribution in [2.45, 2.75) is 3.12 Å². The SMILES string of the molecule is O=S(=O)(Br)C(Cl)(Cl)Cl. The summed E-state index contributed by atoms with van der Waals surface area (Å²) in [6.07, 6.45) is 0. The summed E-state index contributed by atoms with van der Waals surface area (Å²) in [6, 6.07) is 0. The van der Waals surface area contributed by atoms with Crippen LogP contribution in [0.5, 0.6) is 0 Å². The van der Waals surface area contributed by atoms with Gasteiger partial charge in [0.2, 0.25) is 0 Å². The molecule has 0 aliphatic rings. The molecule has 0 aliphatic heterocycles. The zero-order chi connectivity index (χ0) is 7.00. The lowest BCUT2D eigenvalue weighted by atomic mass is 11.8. The summed E-state index contributed by atoms with van der Waals surface area (Å²) in [5.41, 5.74) is 0. The fourth-order valence-electron chi connectivity index (χ4n) is 0. The van der Waals surface area contributed by atoms with Crippen molar-refractivity contribution in [1.29, 1.82) is 0 Å². The molecule has 0 aromatic heterocycles. The maximum absolute atomic E-state index is 10.2. The van der Waals surface area contributed by atoms with Crippen LogP contribution in [0, 0.1) is 0 Å². The Bertz CT molecular complexity index is 166. The average molecular weight is 262 g/mol. The minimum atomic E-state index is -3.73. The number of alkyl halides is 3. The summed E-state index contributed by atoms with van der Waals surface area (Å²) in [6.45, 7) is 0. The van der Waals surface area contributed by atoms with Crippen molar-refractivity contribution < 1.29 is 8.42 Å². The van der Waals surface area contributed by atoms with Crippen LogP contribution in [0.25, 0.3) is 0 Å². The van der Waals surface area contributed by atoms with Crippen LogP contribution in [0.15, 0.2) is 0 Å². The summed E-state index contributed by atoms with van der Waals surface area (Å²) in [5, 5.41) is 0. The van der Waals surface area contributed by atoms with E-state index in [-0.39, 0.29) is 0 Å². The third-order valence-corrected chi connectivity index (χ3v) is 5.79. The Balaban J connectivity index is 4.53. The molecule has 2 nitrogen and oxygen atoms in total. The first-order chi connectivity index (χ1) is 3.25. The van der Waals surface area contributed by atoms with Crippen LogP contribution < -0.4 is 0 Å². The lowest BCUT2D eigenvalue weighted by molar-refractivity contribution is 0.612. The summed E-state index contributed by atoms with van der Waals surface area (Å²) < 4.78 is 18.1. The number of hydrogen-bond donors (Lipinski definition) is 0. The van der Waals surface area contributed by atoms with E-state index < -0.39 is 11.4 Å². The van der Waals surface area contributed by atoms with Crippen molar-refractivity contribution in [2.24, 2.45) is 0 Å². The molecular weight excluding hydrogens is 262 g/mol. The van der Waals surface area contributed by atoms with Crippen molar-refractivity contribution in [1.82, 2.24) is 0 Å². The van der Waals surface area contributed by atoms with Crippen LogP contribution in [-0.2, 0) is 8.27 Å². The fraction of sp³-hybridized carbons (Fsp3) is 1.00. The molecule has 0 radical (unpaired) electrons. The highest BCUT2D eigenvalue weighted by Crippen LogP contribution is 2.36. The van der Waals surface area contributed by atoms with E-state index in [0.717, 1.165) is 0 Å². The molecule has 0 amide bonds. The van der Waals surface area contributed by atoms with Crippen LogP contribution in [-0.4, -0.2) is 11.5 Å². The molecule has 0 aromatic carbocycles. The van der Waals surface area contributed by atoms with E-state index in [1.807, 2.05) is 0 Å². The Hall–Kier alpha value is 1.30. The van der Waals surface area contributed by atoms with E-state index in [0.29, 0.717) is 0 Å². The van der Waals surface area contributed by atoms with Gasteiger partial charge in [-0.1, -0.05) is 34.8 Å². The van der Waals surface area contributed by atoms with Gasteiger partial charge in [-0.2, -0.15) is 0 Å². The molecule has 0 heterocycles. The van der Waals surface area contributed by atoms with Gasteiger partial charge >= 0.3 is 3.12 Å². The van der Waals surface area contributed by atoms with Crippen molar-refractivity contribution in [3.05, 3.63) is 0 Å². The van der Waals surface area contributed by atoms with E-state index in [2.05, 4.69) is 14.8 Å². The standard InChI is InChI=1S/CBrCl3O2S/c2-8(6,7)1(3,4)5. The Morgan fingerprint density at radius 2 is 1.38 bits per heavy atom. The van der Waals surface area contributed by atoms with Crippen molar-refractivity contribution in [2.75, 3.05) is 0 Å². The zero-order valence-corrected chi connectivity index (χ0v) is 7.91. The van der Waals surface area contributed by atoms with Gasteiger partial charge in [-0.3, -0.25) is 0 Å². The zero-order valence-electron chi connectivity index (χ0n) is 3.24. The topological polar surface area (TPSA) is 34.1 Å². The maximum atomic E-state index is 10.2. The van der Waals surface area contributed by atoms with Gasteiger partial charge in [-0.25, -0.2) is 8.42 Å². The first-order valence-corrected chi connectivity index (χ1v) is 5.72. The van der Waals surface area contributed by atoms with Crippen LogP contribution in [0.3, 0.4) is 0 Å². The molecule has 8 heavy (non-hydrogen) atoms. The highest BCUT2D eigenvalue weighted by molar-refractivity contribution is 9.48. The molecule has 0 spiro atoms. The van der Waals surface area contributed by atoms with Crippen molar-refractivity contribution >= 4 is 57.9 Å². The van der Waals surface area contributed by atoms with Crippen molar-refractivity contribution in [3.8, 4) is 0 Å². The van der Waals surface area contributed by atoms with Gasteiger partial charge in [-0.15, -0.1) is 0 Å². The van der Waals surface area contributed by atoms with Crippen LogP contribution >= 0.6 is 49.6 Å². The molecule has 0 saturated carbocycles. The van der Waals surface area contributed by atoms with E-state index in [9.17, 15) is 8.42 Å². The van der Waals surface area contributed by atoms with E-state index >= 15 is 0 Å². The van der Waals surface area contributed by atoms with Gasteiger partial charge < -0.3 is 0 Å². The van der Waals surface area contributed by atoms with Crippen LogP contribution in [0.2, 0.25) is 0 Å². The molecule has 0 atom stereocenters. The molecule has 0 fully saturated rings. The second-order valence-electron chi connectivity index (χ2n) is 0.884. The Labute approximate surface area is 69.2 Å². The van der Waals surface area contributed by atoms with E-state index in [4.69, 9.17) is 34.8 Å². The average Bonchev–Trinajstić information content (AvgIpc) is 1.25. The smallest absolute Gasteiger partial charge is 0.213 e. The minimum Gasteiger partial charge on any atom is -0.213 e. The van der Waals surface area contributed by atoms with Gasteiger partial charge in [-0.05, 0) is 0 Å². The lowest BCUT2D eigenvalue weighted by Crippen LogP contribution is -2.11. The summed E-state index contributed by atoms with van der Waals surface area (Å²) in [5.74, 6) is 0. The molecule has 0 saturated heterocycles. The van der Waals surface area contributed by atoms with Crippen molar-refractivity contribution in [3.63, 3.8) is 0 Å². The largest absolute Gasteiger partial charge is 0.302 e. The van der Waals surface area contributed by atoms with Crippen LogP contribution in [0.4, 0.5) is 0 Å². The third-order valence-electron chi connectivity index (χ3n) is 0.276. The Morgan fingerprint density at radius 1 is 1.25 bits per heavy atom. The number of halogens is 4. The minimum absolute atomic E-state index is 2.18. The van der Waals surface area contributed by atoms with Crippen LogP contribution in [0.1, 0.15) is 0 Å². The van der Waals surface area contributed by atoms with Gasteiger partial charge in [0.1, 0.15) is 0 Å². The second kappa shape index (κ2) is 2.50. The Morgan fingerprint density at radius 3 is 1.38 bits per heavy atom. The third kappa shape index (κ3) is 2.73. The molecular formula is CBrCl3O2S. The van der Waals surface area contributed by atoms with Gasteiger partial charge in [0.25, 0.3) is 8.27 Å². The Kier molecular flexibility index (Phi) is 2.91. The monoisotopic (exact) mass is 260 g/mol. The molecule has 0 rings (SSSR count). The highest BCUT2D eigenvalue weighted by Gasteiger charge is 2.35. The highest BCUT2D eigenvalue weighted by atomic mass is 79.9. The lowest BCUT2D eigenvalue weighted by Gasteiger charge is -2.02. The predicted molar refractivity (Wildman–Crippen MR) is 38.1 cm³/mol. The molecule has 0 aromatic rings.